The lowest BCUT2D eigenvalue weighted by molar-refractivity contribution is 0.122. The zero-order chi connectivity index (χ0) is 29.0. The van der Waals surface area contributed by atoms with Crippen LogP contribution in [0.4, 0.5) is 5.82 Å². The Morgan fingerprint density at radius 2 is 1.30 bits per heavy atom. The van der Waals surface area contributed by atoms with E-state index in [1.807, 2.05) is 109 Å². The van der Waals surface area contributed by atoms with Crippen molar-refractivity contribution in [2.45, 2.75) is 0 Å². The van der Waals surface area contributed by atoms with Crippen molar-refractivity contribution in [2.75, 3.05) is 31.2 Å². The molecular weight excluding hydrogens is 532 g/mol. The van der Waals surface area contributed by atoms with Crippen molar-refractivity contribution in [2.24, 2.45) is 0 Å². The monoisotopic (exact) mass is 562 g/mol. The molecule has 0 saturated carbocycles. The summed E-state index contributed by atoms with van der Waals surface area (Å²) in [4.78, 5) is 26.9. The van der Waals surface area contributed by atoms with Gasteiger partial charge in [-0.05, 0) is 35.9 Å². The van der Waals surface area contributed by atoms with Crippen molar-refractivity contribution < 1.29 is 4.74 Å². The predicted octanol–water partition coefficient (Wildman–Crippen LogP) is 7.12. The van der Waals surface area contributed by atoms with E-state index in [0.717, 1.165) is 39.0 Å². The number of hydrogen-bond donors (Lipinski definition) is 0. The molecule has 6 nitrogen and oxygen atoms in total. The van der Waals surface area contributed by atoms with Gasteiger partial charge >= 0.3 is 0 Å². The van der Waals surface area contributed by atoms with Gasteiger partial charge in [-0.3, -0.25) is 9.36 Å². The first-order valence-electron chi connectivity index (χ1n) is 14.5. The lowest BCUT2D eigenvalue weighted by Gasteiger charge is -2.30. The summed E-state index contributed by atoms with van der Waals surface area (Å²) in [6.07, 6.45) is 3.95. The highest BCUT2D eigenvalue weighted by Gasteiger charge is 2.23. The molecule has 0 bridgehead atoms. The predicted molar refractivity (Wildman–Crippen MR) is 174 cm³/mol. The van der Waals surface area contributed by atoms with Crippen LogP contribution in [-0.2, 0) is 4.74 Å². The highest BCUT2D eigenvalue weighted by atomic mass is 16.5. The van der Waals surface area contributed by atoms with Crippen LogP contribution in [0.15, 0.2) is 126 Å². The van der Waals surface area contributed by atoms with Crippen LogP contribution in [0.1, 0.15) is 11.1 Å². The van der Waals surface area contributed by atoms with Gasteiger partial charge in [-0.1, -0.05) is 103 Å². The Labute approximate surface area is 250 Å². The highest BCUT2D eigenvalue weighted by Crippen LogP contribution is 2.29. The molecule has 6 heteroatoms. The lowest BCUT2D eigenvalue weighted by atomic mass is 10.0. The minimum atomic E-state index is -0.126. The molecule has 210 valence electrons. The summed E-state index contributed by atoms with van der Waals surface area (Å²) < 4.78 is 7.38. The zero-order valence-electron chi connectivity index (χ0n) is 23.6. The number of fused-ring (bicyclic) bond motifs is 1. The molecule has 0 amide bonds. The second-order valence-electron chi connectivity index (χ2n) is 10.4. The van der Waals surface area contributed by atoms with Crippen molar-refractivity contribution in [3.05, 3.63) is 143 Å². The van der Waals surface area contributed by atoms with Gasteiger partial charge in [0.15, 0.2) is 0 Å². The number of nitrogens with zero attached hydrogens (tertiary/aromatic N) is 4. The van der Waals surface area contributed by atoms with Crippen LogP contribution in [0, 0.1) is 0 Å². The maximum atomic E-state index is 14.6. The first-order chi connectivity index (χ1) is 21.3. The first-order valence-corrected chi connectivity index (χ1v) is 14.5. The van der Waals surface area contributed by atoms with E-state index in [4.69, 9.17) is 14.7 Å². The fourth-order valence-corrected chi connectivity index (χ4v) is 5.55. The average molecular weight is 563 g/mol. The summed E-state index contributed by atoms with van der Waals surface area (Å²) in [5.74, 6) is 1.27. The molecular formula is C37H30N4O2. The highest BCUT2D eigenvalue weighted by molar-refractivity contribution is 5.93. The smallest absolute Gasteiger partial charge is 0.267 e. The number of morpholine rings is 1. The van der Waals surface area contributed by atoms with E-state index in [2.05, 4.69) is 29.2 Å². The Morgan fingerprint density at radius 3 is 2.02 bits per heavy atom. The first kappa shape index (κ1) is 26.6. The van der Waals surface area contributed by atoms with E-state index in [1.54, 1.807) is 4.57 Å². The SMILES string of the molecule is O=c1c(/C=C/c2cc(-c3ccccc3)nc3ccccc23)c(N2CCOCC2)nc(-c2ccccc2)n1-c1ccccc1. The Kier molecular flexibility index (Phi) is 7.34. The summed E-state index contributed by atoms with van der Waals surface area (Å²) >= 11 is 0. The van der Waals surface area contributed by atoms with Crippen molar-refractivity contribution in [3.63, 3.8) is 0 Å². The standard InChI is InChI=1S/C37H30N4O2/c42-37-32(21-20-29-26-34(27-12-4-1-5-13-27)38-33-19-11-10-18-31(29)33)36(40-22-24-43-25-23-40)39-35(28-14-6-2-7-15-28)41(37)30-16-8-3-9-17-30/h1-21,26H,22-25H2/b21-20+. The van der Waals surface area contributed by atoms with E-state index < -0.39 is 0 Å². The summed E-state index contributed by atoms with van der Waals surface area (Å²) in [5, 5.41) is 1.02. The van der Waals surface area contributed by atoms with Gasteiger partial charge in [0.05, 0.1) is 35.7 Å². The Hall–Kier alpha value is -5.33. The van der Waals surface area contributed by atoms with Crippen molar-refractivity contribution in [1.29, 1.82) is 0 Å². The number of aromatic nitrogens is 3. The molecule has 0 atom stereocenters. The summed E-state index contributed by atoms with van der Waals surface area (Å²) in [6, 6.07) is 40.0. The van der Waals surface area contributed by atoms with E-state index in [0.29, 0.717) is 43.5 Å². The molecule has 4 aromatic carbocycles. The van der Waals surface area contributed by atoms with Gasteiger partial charge < -0.3 is 9.64 Å². The fraction of sp³-hybridized carbons (Fsp3) is 0.108. The molecule has 3 heterocycles. The molecule has 43 heavy (non-hydrogen) atoms. The molecule has 1 aliphatic heterocycles. The van der Waals surface area contributed by atoms with Crippen LogP contribution < -0.4 is 10.5 Å². The van der Waals surface area contributed by atoms with Gasteiger partial charge in [-0.25, -0.2) is 9.97 Å². The Balaban J connectivity index is 1.45. The Bertz CT molecular complexity index is 1960. The van der Waals surface area contributed by atoms with Gasteiger partial charge in [-0.2, -0.15) is 0 Å². The van der Waals surface area contributed by atoms with Gasteiger partial charge in [0.25, 0.3) is 5.56 Å². The topological polar surface area (TPSA) is 60.3 Å². The number of hydrogen-bond acceptors (Lipinski definition) is 5. The number of anilines is 1. The number of rotatable bonds is 6. The lowest BCUT2D eigenvalue weighted by Crippen LogP contribution is -2.39. The van der Waals surface area contributed by atoms with Crippen LogP contribution >= 0.6 is 0 Å². The van der Waals surface area contributed by atoms with Crippen LogP contribution in [0.3, 0.4) is 0 Å². The fourth-order valence-electron chi connectivity index (χ4n) is 5.55. The minimum absolute atomic E-state index is 0.126. The Morgan fingerprint density at radius 1 is 0.674 bits per heavy atom. The number of para-hydroxylation sites is 2. The molecule has 0 unspecified atom stereocenters. The summed E-state index contributed by atoms with van der Waals surface area (Å²) in [5.41, 5.74) is 5.85. The quantitative estimate of drug-likeness (QED) is 0.216. The molecule has 2 aromatic heterocycles. The normalized spacial score (nSPS) is 13.5. The van der Waals surface area contributed by atoms with Gasteiger partial charge in [0.1, 0.15) is 11.6 Å². The molecule has 0 aliphatic carbocycles. The van der Waals surface area contributed by atoms with Gasteiger partial charge in [0, 0.05) is 29.6 Å². The molecule has 0 spiro atoms. The second kappa shape index (κ2) is 11.9. The molecule has 6 aromatic rings. The largest absolute Gasteiger partial charge is 0.378 e. The zero-order valence-corrected chi connectivity index (χ0v) is 23.6. The van der Waals surface area contributed by atoms with Crippen LogP contribution in [-0.4, -0.2) is 40.8 Å². The van der Waals surface area contributed by atoms with Crippen molar-refractivity contribution >= 4 is 28.9 Å². The third kappa shape index (κ3) is 5.36. The van der Waals surface area contributed by atoms with Crippen molar-refractivity contribution in [1.82, 2.24) is 14.5 Å². The minimum Gasteiger partial charge on any atom is -0.378 e. The number of ether oxygens (including phenoxy) is 1. The van der Waals surface area contributed by atoms with E-state index in [9.17, 15) is 4.79 Å². The second-order valence-corrected chi connectivity index (χ2v) is 10.4. The maximum absolute atomic E-state index is 14.6. The number of benzene rings is 4. The molecule has 1 aliphatic rings. The van der Waals surface area contributed by atoms with Crippen molar-refractivity contribution in [3.8, 4) is 28.3 Å². The third-order valence-electron chi connectivity index (χ3n) is 7.70. The number of pyridine rings is 1. The van der Waals surface area contributed by atoms with Crippen LogP contribution in [0.5, 0.6) is 0 Å². The maximum Gasteiger partial charge on any atom is 0.267 e. The summed E-state index contributed by atoms with van der Waals surface area (Å²) in [6.45, 7) is 2.49. The van der Waals surface area contributed by atoms with Gasteiger partial charge in [0.2, 0.25) is 0 Å². The van der Waals surface area contributed by atoms with E-state index in [-0.39, 0.29) is 5.56 Å². The van der Waals surface area contributed by atoms with Crippen LogP contribution in [0.25, 0.3) is 51.4 Å². The molecule has 1 saturated heterocycles. The molecule has 0 N–H and O–H groups in total. The average Bonchev–Trinajstić information content (AvgIpc) is 3.08. The molecule has 1 fully saturated rings. The molecule has 7 rings (SSSR count). The van der Waals surface area contributed by atoms with Gasteiger partial charge in [-0.15, -0.1) is 0 Å². The van der Waals surface area contributed by atoms with Crippen LogP contribution in [0.2, 0.25) is 0 Å². The van der Waals surface area contributed by atoms with E-state index >= 15 is 0 Å². The summed E-state index contributed by atoms with van der Waals surface area (Å²) in [7, 11) is 0. The molecule has 0 radical (unpaired) electrons. The van der Waals surface area contributed by atoms with E-state index in [1.165, 1.54) is 0 Å². The third-order valence-corrected chi connectivity index (χ3v) is 7.70.